The second kappa shape index (κ2) is 12.4. The van der Waals surface area contributed by atoms with E-state index in [4.69, 9.17) is 9.47 Å². The van der Waals surface area contributed by atoms with Crippen LogP contribution in [-0.2, 0) is 16.0 Å². The molecule has 0 atom stereocenters. The van der Waals surface area contributed by atoms with Crippen molar-refractivity contribution in [2.45, 2.75) is 70.0 Å². The Bertz CT molecular complexity index is 988. The average Bonchev–Trinajstić information content (AvgIpc) is 3.40. The Hall–Kier alpha value is -1.86. The van der Waals surface area contributed by atoms with E-state index < -0.39 is 5.41 Å². The predicted molar refractivity (Wildman–Crippen MR) is 141 cm³/mol. The number of nitrogens with zero attached hydrogens (tertiary/aromatic N) is 2. The minimum Gasteiger partial charge on any atom is -0.497 e. The molecule has 1 saturated carbocycles. The molecule has 0 bridgehead atoms. The van der Waals surface area contributed by atoms with Gasteiger partial charge in [-0.2, -0.15) is 11.8 Å². The van der Waals surface area contributed by atoms with Crippen molar-refractivity contribution < 1.29 is 18.7 Å². The van der Waals surface area contributed by atoms with Gasteiger partial charge in [0.2, 0.25) is 0 Å². The van der Waals surface area contributed by atoms with E-state index >= 15 is 0 Å². The monoisotopic (exact) mass is 502 g/mol. The molecule has 2 fully saturated rings. The number of carbonyl (C=O) groups excluding carboxylic acids is 1. The van der Waals surface area contributed by atoms with Crippen molar-refractivity contribution in [1.82, 2.24) is 9.88 Å². The highest BCUT2D eigenvalue weighted by Crippen LogP contribution is 2.39. The fourth-order valence-corrected chi connectivity index (χ4v) is 7.00. The van der Waals surface area contributed by atoms with Gasteiger partial charge in [0, 0.05) is 22.9 Å². The van der Waals surface area contributed by atoms with Crippen molar-refractivity contribution in [2.75, 3.05) is 39.1 Å². The number of methoxy groups -OCH3 is 1. The van der Waals surface area contributed by atoms with Crippen LogP contribution < -0.4 is 4.74 Å². The van der Waals surface area contributed by atoms with Crippen molar-refractivity contribution >= 4 is 28.6 Å². The highest BCUT2D eigenvalue weighted by Gasteiger charge is 2.42. The van der Waals surface area contributed by atoms with Gasteiger partial charge in [0.1, 0.15) is 11.6 Å². The fourth-order valence-electron chi connectivity index (χ4n) is 5.64. The Morgan fingerprint density at radius 2 is 2.03 bits per heavy atom. The number of rotatable bonds is 11. The smallest absolute Gasteiger partial charge is 0.312 e. The number of benzene rings is 1. The summed E-state index contributed by atoms with van der Waals surface area (Å²) in [5, 5.41) is 1.63. The Balaban J connectivity index is 1.37. The van der Waals surface area contributed by atoms with Gasteiger partial charge in [-0.05, 0) is 88.7 Å². The van der Waals surface area contributed by atoms with Crippen molar-refractivity contribution in [3.05, 3.63) is 35.8 Å². The summed E-state index contributed by atoms with van der Waals surface area (Å²) < 4.78 is 25.6. The minimum atomic E-state index is -0.470. The molecule has 7 heteroatoms. The third-order valence-corrected chi connectivity index (χ3v) is 9.16. The standard InChI is InChI=1S/C28H39FN2O3S/c1-3-34-27(32)28(13-15-31(16-14-28)17-18-35-22-7-4-5-8-22)12-6-9-23-24-19-21(33-2)10-11-26(24)30-20-25(23)29/h10-11,19-20,22H,3-9,12-18H2,1-2H3. The molecule has 0 spiro atoms. The number of aryl methyl sites for hydroxylation is 1. The van der Waals surface area contributed by atoms with Crippen molar-refractivity contribution in [1.29, 1.82) is 0 Å². The van der Waals surface area contributed by atoms with Gasteiger partial charge in [-0.15, -0.1) is 0 Å². The summed E-state index contributed by atoms with van der Waals surface area (Å²) in [5.41, 5.74) is 0.933. The van der Waals surface area contributed by atoms with Crippen LogP contribution in [0.3, 0.4) is 0 Å². The van der Waals surface area contributed by atoms with Crippen LogP contribution in [0.1, 0.15) is 63.9 Å². The Morgan fingerprint density at radius 1 is 1.26 bits per heavy atom. The zero-order chi connectivity index (χ0) is 24.7. The summed E-state index contributed by atoms with van der Waals surface area (Å²) >= 11 is 2.13. The van der Waals surface area contributed by atoms with E-state index in [1.165, 1.54) is 37.6 Å². The zero-order valence-electron chi connectivity index (χ0n) is 21.2. The van der Waals surface area contributed by atoms with E-state index in [0.717, 1.165) is 55.0 Å². The molecule has 2 heterocycles. The molecule has 1 aliphatic carbocycles. The van der Waals surface area contributed by atoms with Crippen LogP contribution in [0, 0.1) is 11.2 Å². The molecule has 0 radical (unpaired) electrons. The number of ether oxygens (including phenoxy) is 2. The van der Waals surface area contributed by atoms with Gasteiger partial charge < -0.3 is 14.4 Å². The maximum atomic E-state index is 14.8. The molecule has 0 N–H and O–H groups in total. The zero-order valence-corrected chi connectivity index (χ0v) is 22.0. The van der Waals surface area contributed by atoms with Crippen molar-refractivity contribution in [3.8, 4) is 5.75 Å². The number of likely N-dealkylation sites (tertiary alicyclic amines) is 1. The molecule has 5 nitrogen and oxygen atoms in total. The lowest BCUT2D eigenvalue weighted by atomic mass is 9.74. The maximum absolute atomic E-state index is 14.8. The number of halogens is 1. The molecule has 35 heavy (non-hydrogen) atoms. The number of carbonyl (C=O) groups is 1. The van der Waals surface area contributed by atoms with Gasteiger partial charge in [-0.3, -0.25) is 9.78 Å². The molecule has 0 unspecified atom stereocenters. The van der Waals surface area contributed by atoms with Crippen LogP contribution in [0.5, 0.6) is 5.75 Å². The van der Waals surface area contributed by atoms with Crippen LogP contribution in [0.4, 0.5) is 4.39 Å². The first-order chi connectivity index (χ1) is 17.0. The molecule has 4 rings (SSSR count). The number of hydrogen-bond donors (Lipinski definition) is 0. The minimum absolute atomic E-state index is 0.0818. The lowest BCUT2D eigenvalue weighted by Gasteiger charge is -2.40. The molecule has 1 aliphatic heterocycles. The first kappa shape index (κ1) is 26.2. The van der Waals surface area contributed by atoms with Crippen LogP contribution in [-0.4, -0.2) is 60.2 Å². The van der Waals surface area contributed by atoms with Crippen LogP contribution >= 0.6 is 11.8 Å². The Labute approximate surface area is 213 Å². The predicted octanol–water partition coefficient (Wildman–Crippen LogP) is 6.03. The molecule has 1 aromatic heterocycles. The quantitative estimate of drug-likeness (QED) is 0.350. The molecular weight excluding hydrogens is 463 g/mol. The van der Waals surface area contributed by atoms with Gasteiger partial charge in [0.05, 0.1) is 30.8 Å². The number of hydrogen-bond acceptors (Lipinski definition) is 6. The molecule has 2 aliphatic rings. The van der Waals surface area contributed by atoms with E-state index in [1.807, 2.05) is 25.1 Å². The number of fused-ring (bicyclic) bond motifs is 1. The van der Waals surface area contributed by atoms with E-state index in [1.54, 1.807) is 7.11 Å². The normalized spacial score (nSPS) is 18.7. The lowest BCUT2D eigenvalue weighted by Crippen LogP contribution is -2.45. The number of aromatic nitrogens is 1. The molecule has 1 saturated heterocycles. The Morgan fingerprint density at radius 3 is 2.74 bits per heavy atom. The van der Waals surface area contributed by atoms with E-state index in [2.05, 4.69) is 21.6 Å². The van der Waals surface area contributed by atoms with Gasteiger partial charge in [-0.25, -0.2) is 4.39 Å². The van der Waals surface area contributed by atoms with Crippen LogP contribution in [0.2, 0.25) is 0 Å². The molecule has 1 aromatic carbocycles. The number of thioether (sulfide) groups is 1. The maximum Gasteiger partial charge on any atom is 0.312 e. The number of pyridine rings is 1. The second-order valence-corrected chi connectivity index (χ2v) is 11.3. The molecular formula is C28H39FN2O3S. The van der Waals surface area contributed by atoms with Crippen LogP contribution in [0.15, 0.2) is 24.4 Å². The van der Waals surface area contributed by atoms with Crippen LogP contribution in [0.25, 0.3) is 10.9 Å². The second-order valence-electron chi connectivity index (χ2n) is 9.94. The van der Waals surface area contributed by atoms with Gasteiger partial charge in [0.15, 0.2) is 0 Å². The molecule has 0 amide bonds. The third-order valence-electron chi connectivity index (χ3n) is 7.80. The topological polar surface area (TPSA) is 51.7 Å². The van der Waals surface area contributed by atoms with Crippen molar-refractivity contribution in [2.24, 2.45) is 5.41 Å². The van der Waals surface area contributed by atoms with Gasteiger partial charge in [0.25, 0.3) is 0 Å². The van der Waals surface area contributed by atoms with Crippen molar-refractivity contribution in [3.63, 3.8) is 0 Å². The van der Waals surface area contributed by atoms with Gasteiger partial charge >= 0.3 is 5.97 Å². The lowest BCUT2D eigenvalue weighted by molar-refractivity contribution is -0.159. The summed E-state index contributed by atoms with van der Waals surface area (Å²) in [6.45, 7) is 5.20. The first-order valence-corrected chi connectivity index (χ1v) is 14.2. The first-order valence-electron chi connectivity index (χ1n) is 13.2. The fraction of sp³-hybridized carbons (Fsp3) is 0.643. The summed E-state index contributed by atoms with van der Waals surface area (Å²) in [4.78, 5) is 19.8. The summed E-state index contributed by atoms with van der Waals surface area (Å²) in [7, 11) is 1.61. The SMILES string of the molecule is CCOC(=O)C1(CCCc2c(F)cnc3ccc(OC)cc23)CCN(CCSC2CCCC2)CC1. The Kier molecular flexibility index (Phi) is 9.28. The summed E-state index contributed by atoms with van der Waals surface area (Å²) in [5.74, 6) is 1.48. The third kappa shape index (κ3) is 6.48. The molecule has 2 aromatic rings. The van der Waals surface area contributed by atoms with E-state index in [0.29, 0.717) is 30.8 Å². The largest absolute Gasteiger partial charge is 0.497 e. The summed E-state index contributed by atoms with van der Waals surface area (Å²) in [6, 6.07) is 5.55. The van der Waals surface area contributed by atoms with Gasteiger partial charge in [-0.1, -0.05) is 12.8 Å². The highest BCUT2D eigenvalue weighted by molar-refractivity contribution is 7.99. The highest BCUT2D eigenvalue weighted by atomic mass is 32.2. The van der Waals surface area contributed by atoms with E-state index in [-0.39, 0.29) is 11.8 Å². The summed E-state index contributed by atoms with van der Waals surface area (Å²) in [6.07, 6.45) is 10.4. The molecule has 192 valence electrons. The number of piperidine rings is 1. The van der Waals surface area contributed by atoms with E-state index in [9.17, 15) is 9.18 Å². The number of esters is 1. The average molecular weight is 503 g/mol.